The molecule has 1 aliphatic rings. The summed E-state index contributed by atoms with van der Waals surface area (Å²) in [4.78, 5) is 10.4. The average Bonchev–Trinajstić information content (AvgIpc) is 3.06. The van der Waals surface area contributed by atoms with Crippen molar-refractivity contribution in [2.75, 3.05) is 32.5 Å². The summed E-state index contributed by atoms with van der Waals surface area (Å²) < 4.78 is 44.9. The van der Waals surface area contributed by atoms with Crippen molar-refractivity contribution in [3.05, 3.63) is 24.0 Å². The molecule has 7 nitrogen and oxygen atoms in total. The first-order chi connectivity index (χ1) is 12.9. The maximum Gasteiger partial charge on any atom is 0.401 e. The van der Waals surface area contributed by atoms with Crippen molar-refractivity contribution in [1.82, 2.24) is 24.5 Å². The van der Waals surface area contributed by atoms with E-state index in [1.807, 2.05) is 12.1 Å². The van der Waals surface area contributed by atoms with Gasteiger partial charge in [0.15, 0.2) is 11.5 Å². The molecule has 3 heterocycles. The highest BCUT2D eigenvalue weighted by atomic mass is 19.4. The van der Waals surface area contributed by atoms with Gasteiger partial charge in [-0.15, -0.1) is 5.10 Å². The first-order valence-corrected chi connectivity index (χ1v) is 8.63. The van der Waals surface area contributed by atoms with Crippen LogP contribution in [0.2, 0.25) is 0 Å². The zero-order chi connectivity index (χ0) is 19.2. The molecular weight excluding hydrogens is 361 g/mol. The third-order valence-corrected chi connectivity index (χ3v) is 4.80. The molecule has 3 aromatic rings. The number of para-hydroxylation sites is 1. The van der Waals surface area contributed by atoms with E-state index in [2.05, 4.69) is 15.1 Å². The zero-order valence-electron chi connectivity index (χ0n) is 14.7. The predicted octanol–water partition coefficient (Wildman–Crippen LogP) is 2.61. The maximum atomic E-state index is 12.7. The number of alkyl halides is 3. The van der Waals surface area contributed by atoms with Crippen molar-refractivity contribution in [3.8, 4) is 5.75 Å². The molecular formula is C17H19F3N6O. The number of nitrogens with zero attached hydrogens (tertiary/aromatic N) is 5. The van der Waals surface area contributed by atoms with E-state index in [1.165, 1.54) is 9.42 Å². The normalized spacial score (nSPS) is 19.0. The number of aromatic nitrogens is 4. The van der Waals surface area contributed by atoms with Crippen LogP contribution in [0.1, 0.15) is 24.6 Å². The van der Waals surface area contributed by atoms with Crippen LogP contribution in [0.15, 0.2) is 18.2 Å². The third kappa shape index (κ3) is 3.36. The highest BCUT2D eigenvalue weighted by Crippen LogP contribution is 2.31. The SMILES string of the molecule is COc1cccc2c1nc(N)n1nc([C@@H]3CCCN(CC(F)(F)F)C3)nc21. The van der Waals surface area contributed by atoms with Crippen LogP contribution in [-0.4, -0.2) is 57.4 Å². The fraction of sp³-hybridized carbons (Fsp3) is 0.471. The summed E-state index contributed by atoms with van der Waals surface area (Å²) >= 11 is 0. The number of benzene rings is 1. The molecule has 4 rings (SSSR count). The number of piperidine rings is 1. The Morgan fingerprint density at radius 2 is 2.11 bits per heavy atom. The van der Waals surface area contributed by atoms with Gasteiger partial charge in [0, 0.05) is 17.8 Å². The summed E-state index contributed by atoms with van der Waals surface area (Å²) in [5.74, 6) is 1.04. The number of hydrogen-bond donors (Lipinski definition) is 1. The highest BCUT2D eigenvalue weighted by Gasteiger charge is 2.34. The minimum Gasteiger partial charge on any atom is -0.494 e. The minimum atomic E-state index is -4.21. The number of anilines is 1. The number of halogens is 3. The monoisotopic (exact) mass is 380 g/mol. The molecule has 0 unspecified atom stereocenters. The van der Waals surface area contributed by atoms with Crippen LogP contribution >= 0.6 is 0 Å². The minimum absolute atomic E-state index is 0.156. The predicted molar refractivity (Wildman–Crippen MR) is 93.7 cm³/mol. The van der Waals surface area contributed by atoms with E-state index in [0.29, 0.717) is 35.7 Å². The first kappa shape index (κ1) is 17.8. The van der Waals surface area contributed by atoms with Gasteiger partial charge in [0.2, 0.25) is 5.95 Å². The lowest BCUT2D eigenvalue weighted by Gasteiger charge is -2.31. The van der Waals surface area contributed by atoms with E-state index in [9.17, 15) is 13.2 Å². The van der Waals surface area contributed by atoms with Crippen LogP contribution in [0, 0.1) is 0 Å². The number of methoxy groups -OCH3 is 1. The molecule has 0 amide bonds. The third-order valence-electron chi connectivity index (χ3n) is 4.80. The molecule has 1 fully saturated rings. The van der Waals surface area contributed by atoms with Crippen molar-refractivity contribution < 1.29 is 17.9 Å². The molecule has 0 radical (unpaired) electrons. The quantitative estimate of drug-likeness (QED) is 0.752. The summed E-state index contributed by atoms with van der Waals surface area (Å²) in [7, 11) is 1.54. The molecule has 0 aliphatic carbocycles. The Labute approximate surface area is 152 Å². The van der Waals surface area contributed by atoms with Crippen LogP contribution in [0.4, 0.5) is 19.1 Å². The fourth-order valence-corrected chi connectivity index (χ4v) is 3.64. The maximum absolute atomic E-state index is 12.7. The summed E-state index contributed by atoms with van der Waals surface area (Å²) in [5.41, 5.74) is 7.14. The van der Waals surface area contributed by atoms with Gasteiger partial charge in [-0.1, -0.05) is 6.07 Å². The van der Waals surface area contributed by atoms with E-state index in [-0.39, 0.29) is 18.4 Å². The number of nitrogens with two attached hydrogens (primary N) is 1. The largest absolute Gasteiger partial charge is 0.494 e. The lowest BCUT2D eigenvalue weighted by molar-refractivity contribution is -0.148. The zero-order valence-corrected chi connectivity index (χ0v) is 14.7. The fourth-order valence-electron chi connectivity index (χ4n) is 3.64. The number of hydrogen-bond acceptors (Lipinski definition) is 6. The molecule has 1 atom stereocenters. The highest BCUT2D eigenvalue weighted by molar-refractivity contribution is 5.95. The molecule has 1 saturated heterocycles. The van der Waals surface area contributed by atoms with Gasteiger partial charge < -0.3 is 10.5 Å². The average molecular weight is 380 g/mol. The number of rotatable bonds is 3. The molecule has 2 N–H and O–H groups in total. The molecule has 27 heavy (non-hydrogen) atoms. The number of nitrogen functional groups attached to an aromatic ring is 1. The van der Waals surface area contributed by atoms with E-state index < -0.39 is 12.7 Å². The standard InChI is InChI=1S/C17H19F3N6O/c1-27-12-6-2-5-11-13(12)22-16(21)26-15(11)23-14(24-26)10-4-3-7-25(8-10)9-17(18,19)20/h2,5-6,10H,3-4,7-9H2,1H3,(H2,21,22)/t10-/m1/s1. The Morgan fingerprint density at radius 1 is 1.30 bits per heavy atom. The summed E-state index contributed by atoms with van der Waals surface area (Å²) in [6.45, 7) is -0.223. The van der Waals surface area contributed by atoms with Crippen LogP contribution in [-0.2, 0) is 0 Å². The Balaban J connectivity index is 1.73. The van der Waals surface area contributed by atoms with E-state index in [1.54, 1.807) is 13.2 Å². The molecule has 144 valence electrons. The first-order valence-electron chi connectivity index (χ1n) is 8.63. The molecule has 10 heteroatoms. The van der Waals surface area contributed by atoms with Gasteiger partial charge in [-0.05, 0) is 31.5 Å². The summed E-state index contributed by atoms with van der Waals surface area (Å²) in [6.07, 6.45) is -2.81. The van der Waals surface area contributed by atoms with Gasteiger partial charge in [0.1, 0.15) is 11.3 Å². The Morgan fingerprint density at radius 3 is 2.85 bits per heavy atom. The van der Waals surface area contributed by atoms with E-state index >= 15 is 0 Å². The Bertz CT molecular complexity index is 986. The lowest BCUT2D eigenvalue weighted by Crippen LogP contribution is -2.40. The number of likely N-dealkylation sites (tertiary alicyclic amines) is 1. The van der Waals surface area contributed by atoms with Crippen molar-refractivity contribution in [2.24, 2.45) is 0 Å². The van der Waals surface area contributed by atoms with Gasteiger partial charge in [-0.25, -0.2) is 9.97 Å². The van der Waals surface area contributed by atoms with Crippen LogP contribution in [0.5, 0.6) is 5.75 Å². The summed E-state index contributed by atoms with van der Waals surface area (Å²) in [6, 6.07) is 5.44. The number of ether oxygens (including phenoxy) is 1. The molecule has 0 spiro atoms. The van der Waals surface area contributed by atoms with Crippen molar-refractivity contribution in [3.63, 3.8) is 0 Å². The van der Waals surface area contributed by atoms with Crippen molar-refractivity contribution in [1.29, 1.82) is 0 Å². The second-order valence-corrected chi connectivity index (χ2v) is 6.72. The van der Waals surface area contributed by atoms with Gasteiger partial charge in [0.25, 0.3) is 0 Å². The van der Waals surface area contributed by atoms with Crippen LogP contribution < -0.4 is 10.5 Å². The van der Waals surface area contributed by atoms with Gasteiger partial charge in [-0.3, -0.25) is 4.90 Å². The molecule has 1 aromatic carbocycles. The molecule has 2 aromatic heterocycles. The molecule has 1 aliphatic heterocycles. The lowest BCUT2D eigenvalue weighted by atomic mass is 9.97. The van der Waals surface area contributed by atoms with Gasteiger partial charge in [0.05, 0.1) is 13.7 Å². The van der Waals surface area contributed by atoms with Crippen molar-refractivity contribution >= 4 is 22.5 Å². The Kier molecular flexibility index (Phi) is 4.29. The topological polar surface area (TPSA) is 81.6 Å². The van der Waals surface area contributed by atoms with Crippen molar-refractivity contribution in [2.45, 2.75) is 24.9 Å². The van der Waals surface area contributed by atoms with Crippen LogP contribution in [0.3, 0.4) is 0 Å². The molecule has 0 saturated carbocycles. The van der Waals surface area contributed by atoms with Gasteiger partial charge >= 0.3 is 6.18 Å². The second-order valence-electron chi connectivity index (χ2n) is 6.72. The van der Waals surface area contributed by atoms with E-state index in [4.69, 9.17) is 10.5 Å². The second kappa shape index (κ2) is 6.52. The van der Waals surface area contributed by atoms with Crippen LogP contribution in [0.25, 0.3) is 16.6 Å². The Hall–Kier alpha value is -2.62. The van der Waals surface area contributed by atoms with E-state index in [0.717, 1.165) is 11.8 Å². The smallest absolute Gasteiger partial charge is 0.401 e. The van der Waals surface area contributed by atoms with Gasteiger partial charge in [-0.2, -0.15) is 17.7 Å². The summed E-state index contributed by atoms with van der Waals surface area (Å²) in [5, 5.41) is 5.17. The number of fused-ring (bicyclic) bond motifs is 3. The molecule has 0 bridgehead atoms.